The Morgan fingerprint density at radius 3 is 2.55 bits per heavy atom. The van der Waals surface area contributed by atoms with E-state index in [9.17, 15) is 0 Å². The summed E-state index contributed by atoms with van der Waals surface area (Å²) in [5.41, 5.74) is 7.29. The summed E-state index contributed by atoms with van der Waals surface area (Å²) in [6.07, 6.45) is 2.27. The molecule has 0 atom stereocenters. The molecular weight excluding hydrogens is 356 g/mol. The van der Waals surface area contributed by atoms with Gasteiger partial charge in [0, 0.05) is 30.2 Å². The molecule has 5 aromatic rings. The van der Waals surface area contributed by atoms with Crippen LogP contribution in [0.5, 0.6) is 0 Å². The van der Waals surface area contributed by atoms with Crippen molar-refractivity contribution in [2.24, 2.45) is 0 Å². The van der Waals surface area contributed by atoms with Gasteiger partial charge in [0.05, 0.1) is 17.6 Å². The fourth-order valence-electron chi connectivity index (χ4n) is 3.89. The van der Waals surface area contributed by atoms with E-state index >= 15 is 0 Å². The van der Waals surface area contributed by atoms with Crippen LogP contribution in [0.15, 0.2) is 79.0 Å². The van der Waals surface area contributed by atoms with Crippen molar-refractivity contribution in [3.05, 3.63) is 102 Å². The van der Waals surface area contributed by atoms with Gasteiger partial charge in [0.25, 0.3) is 0 Å². The largest absolute Gasteiger partial charge is 0.343 e. The molecule has 2 aromatic heterocycles. The van der Waals surface area contributed by atoms with Crippen LogP contribution >= 0.6 is 0 Å². The third kappa shape index (κ3) is 3.67. The van der Waals surface area contributed by atoms with E-state index in [2.05, 4.69) is 87.6 Å². The molecule has 0 spiro atoms. The molecule has 0 saturated heterocycles. The molecule has 0 radical (unpaired) electrons. The van der Waals surface area contributed by atoms with Crippen molar-refractivity contribution in [1.29, 1.82) is 0 Å². The number of nitrogens with one attached hydrogen (secondary N) is 2. The number of hydrogen-bond donors (Lipinski definition) is 2. The Labute approximate surface area is 170 Å². The van der Waals surface area contributed by atoms with E-state index in [1.54, 1.807) is 0 Å². The van der Waals surface area contributed by atoms with Crippen molar-refractivity contribution < 1.29 is 0 Å². The smallest absolute Gasteiger partial charge is 0.121 e. The van der Waals surface area contributed by atoms with Crippen LogP contribution in [0.4, 0.5) is 0 Å². The number of H-pyrrole nitrogens is 1. The summed E-state index contributed by atoms with van der Waals surface area (Å²) in [5, 5.41) is 4.85. The Bertz CT molecular complexity index is 1230. The van der Waals surface area contributed by atoms with Crippen molar-refractivity contribution in [1.82, 2.24) is 19.9 Å². The van der Waals surface area contributed by atoms with Gasteiger partial charge in [0.2, 0.25) is 0 Å². The highest BCUT2D eigenvalue weighted by molar-refractivity contribution is 5.84. The van der Waals surface area contributed by atoms with Crippen LogP contribution in [0, 0.1) is 6.92 Å². The number of fused-ring (bicyclic) bond motifs is 2. The SMILES string of the molecule is Cc1ccc(Cn2cc(CNCc3nc4ccccc4[nH]3)c3ccccc32)cc1. The van der Waals surface area contributed by atoms with Crippen molar-refractivity contribution in [2.45, 2.75) is 26.6 Å². The number of benzene rings is 3. The van der Waals surface area contributed by atoms with Crippen molar-refractivity contribution in [3.8, 4) is 0 Å². The first-order chi connectivity index (χ1) is 14.3. The fourth-order valence-corrected chi connectivity index (χ4v) is 3.89. The first kappa shape index (κ1) is 17.7. The van der Waals surface area contributed by atoms with Crippen molar-refractivity contribution in [2.75, 3.05) is 0 Å². The fraction of sp³-hybridized carbons (Fsp3) is 0.160. The molecule has 2 heterocycles. The van der Waals surface area contributed by atoms with Crippen molar-refractivity contribution in [3.63, 3.8) is 0 Å². The molecule has 0 aliphatic rings. The number of hydrogen-bond acceptors (Lipinski definition) is 2. The molecule has 0 fully saturated rings. The normalized spacial score (nSPS) is 11.5. The van der Waals surface area contributed by atoms with Crippen LogP contribution in [0.3, 0.4) is 0 Å². The zero-order valence-corrected chi connectivity index (χ0v) is 16.5. The van der Waals surface area contributed by atoms with E-state index in [0.29, 0.717) is 6.54 Å². The van der Waals surface area contributed by atoms with Crippen LogP contribution in [-0.4, -0.2) is 14.5 Å². The van der Waals surface area contributed by atoms with E-state index in [0.717, 1.165) is 29.9 Å². The monoisotopic (exact) mass is 380 g/mol. The standard InChI is InChI=1S/C25H24N4/c1-18-10-12-19(13-11-18)16-29-17-20(21-6-2-5-9-24(21)29)14-26-15-25-27-22-7-3-4-8-23(22)28-25/h2-13,17,26H,14-16H2,1H3,(H,27,28). The Morgan fingerprint density at radius 1 is 0.897 bits per heavy atom. The number of nitrogens with zero attached hydrogens (tertiary/aromatic N) is 2. The molecule has 0 saturated carbocycles. The van der Waals surface area contributed by atoms with Crippen LogP contribution in [-0.2, 0) is 19.6 Å². The molecule has 4 heteroatoms. The maximum absolute atomic E-state index is 4.65. The van der Waals surface area contributed by atoms with Gasteiger partial charge in [0.1, 0.15) is 5.82 Å². The number of aryl methyl sites for hydroxylation is 1. The zero-order chi connectivity index (χ0) is 19.6. The highest BCUT2D eigenvalue weighted by atomic mass is 15.0. The lowest BCUT2D eigenvalue weighted by Gasteiger charge is -2.06. The summed E-state index contributed by atoms with van der Waals surface area (Å²) in [5.74, 6) is 0.967. The summed E-state index contributed by atoms with van der Waals surface area (Å²) < 4.78 is 2.35. The first-order valence-electron chi connectivity index (χ1n) is 10.0. The molecule has 0 unspecified atom stereocenters. The maximum atomic E-state index is 4.65. The minimum atomic E-state index is 0.714. The minimum absolute atomic E-state index is 0.714. The number of imidazole rings is 1. The number of para-hydroxylation sites is 3. The second-order valence-electron chi connectivity index (χ2n) is 7.59. The predicted molar refractivity (Wildman–Crippen MR) is 119 cm³/mol. The van der Waals surface area contributed by atoms with Gasteiger partial charge in [-0.3, -0.25) is 0 Å². The van der Waals surface area contributed by atoms with E-state index < -0.39 is 0 Å². The summed E-state index contributed by atoms with van der Waals surface area (Å²) in [4.78, 5) is 8.03. The number of aromatic amines is 1. The van der Waals surface area contributed by atoms with Crippen molar-refractivity contribution >= 4 is 21.9 Å². The van der Waals surface area contributed by atoms with Gasteiger partial charge < -0.3 is 14.9 Å². The third-order valence-electron chi connectivity index (χ3n) is 5.39. The van der Waals surface area contributed by atoms with Gasteiger partial charge in [-0.2, -0.15) is 0 Å². The van der Waals surface area contributed by atoms with E-state index in [1.165, 1.54) is 27.6 Å². The predicted octanol–water partition coefficient (Wildman–Crippen LogP) is 5.16. The average molecular weight is 380 g/mol. The van der Waals surface area contributed by atoms with Gasteiger partial charge >= 0.3 is 0 Å². The highest BCUT2D eigenvalue weighted by Gasteiger charge is 2.09. The van der Waals surface area contributed by atoms with E-state index in [4.69, 9.17) is 0 Å². The minimum Gasteiger partial charge on any atom is -0.343 e. The molecule has 3 aromatic carbocycles. The van der Waals surface area contributed by atoms with Crippen LogP contribution in [0.25, 0.3) is 21.9 Å². The molecule has 0 bridgehead atoms. The Balaban J connectivity index is 1.34. The van der Waals surface area contributed by atoms with E-state index in [1.807, 2.05) is 18.2 Å². The number of rotatable bonds is 6. The summed E-state index contributed by atoms with van der Waals surface area (Å²) in [6.45, 7) is 4.52. The second kappa shape index (κ2) is 7.57. The molecule has 0 aliphatic heterocycles. The molecule has 5 rings (SSSR count). The molecular formula is C25H24N4. The molecule has 144 valence electrons. The number of aromatic nitrogens is 3. The lowest BCUT2D eigenvalue weighted by molar-refractivity contribution is 0.670. The maximum Gasteiger partial charge on any atom is 0.121 e. The summed E-state index contributed by atoms with van der Waals surface area (Å²) in [7, 11) is 0. The van der Waals surface area contributed by atoms with Gasteiger partial charge in [0.15, 0.2) is 0 Å². The molecule has 29 heavy (non-hydrogen) atoms. The van der Waals surface area contributed by atoms with Gasteiger partial charge in [-0.25, -0.2) is 4.98 Å². The van der Waals surface area contributed by atoms with Crippen LogP contribution < -0.4 is 5.32 Å². The lowest BCUT2D eigenvalue weighted by atomic mass is 10.1. The van der Waals surface area contributed by atoms with Gasteiger partial charge in [-0.05, 0) is 36.2 Å². The first-order valence-corrected chi connectivity index (χ1v) is 10.0. The Hall–Kier alpha value is -3.37. The summed E-state index contributed by atoms with van der Waals surface area (Å²) in [6, 6.07) is 25.6. The quantitative estimate of drug-likeness (QED) is 0.427. The molecule has 2 N–H and O–H groups in total. The van der Waals surface area contributed by atoms with Crippen LogP contribution in [0.1, 0.15) is 22.5 Å². The Morgan fingerprint density at radius 2 is 1.69 bits per heavy atom. The van der Waals surface area contributed by atoms with Gasteiger partial charge in [-0.1, -0.05) is 60.2 Å². The Kier molecular flexibility index (Phi) is 4.62. The molecule has 4 nitrogen and oxygen atoms in total. The van der Waals surface area contributed by atoms with Crippen LogP contribution in [0.2, 0.25) is 0 Å². The third-order valence-corrected chi connectivity index (χ3v) is 5.39. The van der Waals surface area contributed by atoms with Gasteiger partial charge in [-0.15, -0.1) is 0 Å². The average Bonchev–Trinajstić information content (AvgIpc) is 3.31. The highest BCUT2D eigenvalue weighted by Crippen LogP contribution is 2.22. The summed E-state index contributed by atoms with van der Waals surface area (Å²) >= 11 is 0. The van der Waals surface area contributed by atoms with E-state index in [-0.39, 0.29) is 0 Å². The lowest BCUT2D eigenvalue weighted by Crippen LogP contribution is -2.13. The second-order valence-corrected chi connectivity index (χ2v) is 7.59. The zero-order valence-electron chi connectivity index (χ0n) is 16.5. The molecule has 0 amide bonds. The topological polar surface area (TPSA) is 45.6 Å². The molecule has 0 aliphatic carbocycles.